The van der Waals surface area contributed by atoms with Gasteiger partial charge in [0, 0.05) is 17.6 Å². The van der Waals surface area contributed by atoms with Gasteiger partial charge in [-0.05, 0) is 55.7 Å². The van der Waals surface area contributed by atoms with E-state index in [-0.39, 0.29) is 24.1 Å². The number of carbonyl (C=O) groups excluding carboxylic acids is 2. The van der Waals surface area contributed by atoms with Crippen molar-refractivity contribution in [2.24, 2.45) is 5.92 Å². The molecule has 1 aromatic carbocycles. The van der Waals surface area contributed by atoms with Crippen molar-refractivity contribution in [2.45, 2.75) is 45.2 Å². The number of aromatic nitrogens is 2. The Bertz CT molecular complexity index is 1200. The topological polar surface area (TPSA) is 101 Å². The van der Waals surface area contributed by atoms with Gasteiger partial charge in [0.25, 0.3) is 0 Å². The summed E-state index contributed by atoms with van der Waals surface area (Å²) >= 11 is 2.94. The Hall–Kier alpha value is -2.65. The third kappa shape index (κ3) is 5.14. The Morgan fingerprint density at radius 1 is 1.27 bits per heavy atom. The van der Waals surface area contributed by atoms with Crippen molar-refractivity contribution in [3.8, 4) is 0 Å². The molecule has 0 unspecified atom stereocenters. The highest BCUT2D eigenvalue weighted by atomic mass is 32.2. The summed E-state index contributed by atoms with van der Waals surface area (Å²) in [4.78, 5) is 37.9. The second-order valence-corrected chi connectivity index (χ2v) is 10.8. The highest BCUT2D eigenvalue weighted by Gasteiger charge is 2.23. The van der Waals surface area contributed by atoms with Crippen LogP contribution in [0.4, 0.5) is 11.5 Å². The van der Waals surface area contributed by atoms with E-state index in [0.29, 0.717) is 16.9 Å². The van der Waals surface area contributed by atoms with Gasteiger partial charge in [0.05, 0.1) is 17.7 Å². The standard InChI is InChI=1S/C24H29N5O2S2/c1-13-8-9-16-17(10-13)33-23-20(16)22(25)27-24(28-23)32-12-19(31)29(4)11-18(30)26-21-14(2)6-5-7-15(21)3/h5-7,13H,8-12H2,1-4H3,(H,26,30)(H2,25,27,28)/t13-/m1/s1. The summed E-state index contributed by atoms with van der Waals surface area (Å²) in [5, 5.41) is 4.39. The van der Waals surface area contributed by atoms with E-state index in [1.807, 2.05) is 32.0 Å². The van der Waals surface area contributed by atoms with E-state index in [0.717, 1.165) is 46.3 Å². The van der Waals surface area contributed by atoms with Crippen molar-refractivity contribution in [3.63, 3.8) is 0 Å². The lowest BCUT2D eigenvalue weighted by atomic mass is 9.89. The molecule has 174 valence electrons. The van der Waals surface area contributed by atoms with Crippen molar-refractivity contribution in [1.82, 2.24) is 14.9 Å². The van der Waals surface area contributed by atoms with Gasteiger partial charge in [-0.2, -0.15) is 0 Å². The number of hydrogen-bond donors (Lipinski definition) is 2. The predicted octanol–water partition coefficient (Wildman–Crippen LogP) is 4.20. The first-order valence-corrected chi connectivity index (χ1v) is 12.8. The van der Waals surface area contributed by atoms with Gasteiger partial charge in [-0.3, -0.25) is 9.59 Å². The zero-order chi connectivity index (χ0) is 23.7. The van der Waals surface area contributed by atoms with Crippen LogP contribution < -0.4 is 11.1 Å². The molecule has 2 heterocycles. The number of likely N-dealkylation sites (N-methyl/N-ethyl adjacent to an activating group) is 1. The van der Waals surface area contributed by atoms with Crippen LogP contribution in [0.2, 0.25) is 0 Å². The minimum absolute atomic E-state index is 0.0228. The van der Waals surface area contributed by atoms with E-state index < -0.39 is 0 Å². The number of nitrogens with one attached hydrogen (secondary N) is 1. The molecular formula is C24H29N5O2S2. The van der Waals surface area contributed by atoms with Crippen LogP contribution in [0.1, 0.15) is 34.9 Å². The molecule has 9 heteroatoms. The zero-order valence-corrected chi connectivity index (χ0v) is 21.0. The second-order valence-electron chi connectivity index (χ2n) is 8.78. The maximum atomic E-state index is 12.6. The number of fused-ring (bicyclic) bond motifs is 3. The summed E-state index contributed by atoms with van der Waals surface area (Å²) in [5.74, 6) is 0.907. The molecule has 1 aliphatic carbocycles. The molecule has 3 N–H and O–H groups in total. The summed E-state index contributed by atoms with van der Waals surface area (Å²) < 4.78 is 0. The van der Waals surface area contributed by atoms with Crippen LogP contribution >= 0.6 is 23.1 Å². The summed E-state index contributed by atoms with van der Waals surface area (Å²) in [6, 6.07) is 5.84. The lowest BCUT2D eigenvalue weighted by molar-refractivity contribution is -0.131. The van der Waals surface area contributed by atoms with Crippen molar-refractivity contribution in [3.05, 3.63) is 39.8 Å². The average molecular weight is 484 g/mol. The first kappa shape index (κ1) is 23.5. The number of rotatable bonds is 6. The van der Waals surface area contributed by atoms with E-state index in [9.17, 15) is 9.59 Å². The van der Waals surface area contributed by atoms with Gasteiger partial charge in [-0.25, -0.2) is 9.97 Å². The maximum Gasteiger partial charge on any atom is 0.243 e. The highest BCUT2D eigenvalue weighted by Crippen LogP contribution is 2.39. The number of amides is 2. The van der Waals surface area contributed by atoms with Gasteiger partial charge in [0.2, 0.25) is 11.8 Å². The van der Waals surface area contributed by atoms with Crippen LogP contribution in [-0.4, -0.2) is 46.0 Å². The molecule has 0 saturated carbocycles. The second kappa shape index (κ2) is 9.69. The lowest BCUT2D eigenvalue weighted by Crippen LogP contribution is -2.36. The third-order valence-electron chi connectivity index (χ3n) is 6.04. The van der Waals surface area contributed by atoms with Gasteiger partial charge >= 0.3 is 0 Å². The van der Waals surface area contributed by atoms with E-state index in [1.54, 1.807) is 18.4 Å². The first-order valence-electron chi connectivity index (χ1n) is 11.0. The summed E-state index contributed by atoms with van der Waals surface area (Å²) in [5.41, 5.74) is 10.4. The summed E-state index contributed by atoms with van der Waals surface area (Å²) in [6.07, 6.45) is 3.24. The molecule has 4 rings (SSSR count). The van der Waals surface area contributed by atoms with Gasteiger partial charge in [0.1, 0.15) is 10.6 Å². The predicted molar refractivity (Wildman–Crippen MR) is 136 cm³/mol. The molecule has 7 nitrogen and oxygen atoms in total. The first-order chi connectivity index (χ1) is 15.7. The molecule has 2 amide bonds. The smallest absolute Gasteiger partial charge is 0.243 e. The third-order valence-corrected chi connectivity index (χ3v) is 8.02. The highest BCUT2D eigenvalue weighted by molar-refractivity contribution is 7.99. The van der Waals surface area contributed by atoms with E-state index in [4.69, 9.17) is 5.73 Å². The number of anilines is 2. The summed E-state index contributed by atoms with van der Waals surface area (Å²) in [6.45, 7) is 6.14. The molecule has 33 heavy (non-hydrogen) atoms. The van der Waals surface area contributed by atoms with Crippen molar-refractivity contribution in [1.29, 1.82) is 0 Å². The van der Waals surface area contributed by atoms with E-state index >= 15 is 0 Å². The molecule has 1 atom stereocenters. The fourth-order valence-corrected chi connectivity index (χ4v) is 6.39. The van der Waals surface area contributed by atoms with Crippen LogP contribution in [0.15, 0.2) is 23.4 Å². The van der Waals surface area contributed by atoms with Gasteiger partial charge in [-0.1, -0.05) is 36.9 Å². The van der Waals surface area contributed by atoms with Crippen LogP contribution in [0.5, 0.6) is 0 Å². The minimum Gasteiger partial charge on any atom is -0.383 e. The number of nitrogens with zero attached hydrogens (tertiary/aromatic N) is 3. The Labute approximate surface area is 202 Å². The van der Waals surface area contributed by atoms with Crippen molar-refractivity contribution in [2.75, 3.05) is 30.4 Å². The minimum atomic E-state index is -0.228. The summed E-state index contributed by atoms with van der Waals surface area (Å²) in [7, 11) is 1.63. The number of thioether (sulfide) groups is 1. The number of nitrogens with two attached hydrogens (primary N) is 1. The fourth-order valence-electron chi connectivity index (χ4n) is 4.15. The molecule has 0 saturated heterocycles. The quantitative estimate of drug-likeness (QED) is 0.402. The maximum absolute atomic E-state index is 12.6. The lowest BCUT2D eigenvalue weighted by Gasteiger charge is -2.18. The van der Waals surface area contributed by atoms with E-state index in [1.165, 1.54) is 27.1 Å². The zero-order valence-electron chi connectivity index (χ0n) is 19.4. The normalized spacial score (nSPS) is 15.3. The number of hydrogen-bond acceptors (Lipinski definition) is 7. The number of para-hydroxylation sites is 1. The van der Waals surface area contributed by atoms with Gasteiger partial charge in [-0.15, -0.1) is 11.3 Å². The monoisotopic (exact) mass is 483 g/mol. The fraction of sp³-hybridized carbons (Fsp3) is 0.417. The number of benzene rings is 1. The Morgan fingerprint density at radius 2 is 2.00 bits per heavy atom. The van der Waals surface area contributed by atoms with Crippen molar-refractivity contribution >= 4 is 56.6 Å². The Balaban J connectivity index is 1.37. The SMILES string of the molecule is Cc1cccc(C)c1NC(=O)CN(C)C(=O)CSc1nc(N)c2c3c(sc2n1)C[C@H](C)CC3. The molecule has 0 radical (unpaired) electrons. The van der Waals surface area contributed by atoms with Crippen LogP contribution in [0.25, 0.3) is 10.2 Å². The van der Waals surface area contributed by atoms with Gasteiger partial charge in [0.15, 0.2) is 5.16 Å². The van der Waals surface area contributed by atoms with Crippen LogP contribution in [-0.2, 0) is 22.4 Å². The number of aryl methyl sites for hydroxylation is 3. The average Bonchev–Trinajstić information content (AvgIpc) is 3.12. The largest absolute Gasteiger partial charge is 0.383 e. The number of carbonyl (C=O) groups is 2. The number of nitrogen functional groups attached to an aromatic ring is 1. The molecule has 1 aliphatic rings. The van der Waals surface area contributed by atoms with Gasteiger partial charge < -0.3 is 16.0 Å². The van der Waals surface area contributed by atoms with Crippen LogP contribution in [0.3, 0.4) is 0 Å². The Morgan fingerprint density at radius 3 is 2.73 bits per heavy atom. The number of thiophene rings is 1. The van der Waals surface area contributed by atoms with Crippen molar-refractivity contribution < 1.29 is 9.59 Å². The Kier molecular flexibility index (Phi) is 6.90. The molecule has 2 aromatic heterocycles. The molecule has 0 spiro atoms. The molecule has 3 aromatic rings. The molecule has 0 fully saturated rings. The van der Waals surface area contributed by atoms with E-state index in [2.05, 4.69) is 22.2 Å². The molecule has 0 bridgehead atoms. The molecule has 0 aliphatic heterocycles. The molecular weight excluding hydrogens is 454 g/mol. The van der Waals surface area contributed by atoms with Crippen LogP contribution in [0, 0.1) is 19.8 Å².